The Balaban J connectivity index is 1.85. The third kappa shape index (κ3) is 4.35. The Labute approximate surface area is 176 Å². The first-order valence-corrected chi connectivity index (χ1v) is 11.6. The predicted molar refractivity (Wildman–Crippen MR) is 112 cm³/mol. The first kappa shape index (κ1) is 21.9. The molecular weight excluding hydrogens is 404 g/mol. The molecule has 1 atom stereocenters. The van der Waals surface area contributed by atoms with Crippen molar-refractivity contribution < 1.29 is 18.0 Å². The minimum Gasteiger partial charge on any atom is -0.355 e. The number of hydrogen-bond donors (Lipinski definition) is 1. The predicted octanol–water partition coefficient (Wildman–Crippen LogP) is 1.96. The first-order valence-electron chi connectivity index (χ1n) is 9.95. The number of aromatic nitrogens is 2. The van der Waals surface area contributed by atoms with E-state index in [1.807, 2.05) is 0 Å². The van der Waals surface area contributed by atoms with E-state index >= 15 is 0 Å². The van der Waals surface area contributed by atoms with Gasteiger partial charge in [-0.3, -0.25) is 9.59 Å². The maximum Gasteiger partial charge on any atom is 0.255 e. The van der Waals surface area contributed by atoms with Crippen molar-refractivity contribution in [3.05, 3.63) is 53.1 Å². The van der Waals surface area contributed by atoms with Gasteiger partial charge in [0.15, 0.2) is 9.84 Å². The molecule has 1 N–H and O–H groups in total. The summed E-state index contributed by atoms with van der Waals surface area (Å²) in [5, 5.41) is 2.56. The highest BCUT2D eigenvalue weighted by atomic mass is 32.2. The number of hydrogen-bond acceptors (Lipinski definition) is 6. The summed E-state index contributed by atoms with van der Waals surface area (Å²) < 4.78 is 24.8. The molecule has 1 aliphatic rings. The van der Waals surface area contributed by atoms with Crippen LogP contribution in [0, 0.1) is 6.92 Å². The molecule has 1 aromatic heterocycles. The molecule has 30 heavy (non-hydrogen) atoms. The maximum atomic E-state index is 13.2. The number of nitrogens with zero attached hydrogens (tertiary/aromatic N) is 3. The van der Waals surface area contributed by atoms with Crippen molar-refractivity contribution in [2.75, 3.05) is 25.9 Å². The lowest BCUT2D eigenvalue weighted by atomic mass is 9.96. The van der Waals surface area contributed by atoms with Gasteiger partial charge in [0.05, 0.1) is 27.5 Å². The number of sulfone groups is 1. The highest BCUT2D eigenvalue weighted by molar-refractivity contribution is 7.91. The van der Waals surface area contributed by atoms with Crippen molar-refractivity contribution in [3.63, 3.8) is 0 Å². The molecule has 0 spiro atoms. The molecule has 2 heterocycles. The van der Waals surface area contributed by atoms with Crippen LogP contribution in [0.2, 0.25) is 0 Å². The second-order valence-electron chi connectivity index (χ2n) is 7.30. The Bertz CT molecular complexity index is 1070. The van der Waals surface area contributed by atoms with Crippen LogP contribution in [0.15, 0.2) is 35.4 Å². The van der Waals surface area contributed by atoms with Crippen LogP contribution in [-0.4, -0.2) is 61.0 Å². The van der Waals surface area contributed by atoms with Crippen LogP contribution in [0.3, 0.4) is 0 Å². The van der Waals surface area contributed by atoms with Crippen LogP contribution in [0.25, 0.3) is 0 Å². The van der Waals surface area contributed by atoms with Crippen LogP contribution < -0.4 is 5.32 Å². The van der Waals surface area contributed by atoms with Crippen molar-refractivity contribution in [1.29, 1.82) is 0 Å². The number of piperidine rings is 1. The van der Waals surface area contributed by atoms with Gasteiger partial charge in [-0.2, -0.15) is 0 Å². The summed E-state index contributed by atoms with van der Waals surface area (Å²) in [6.07, 6.45) is 3.09. The van der Waals surface area contributed by atoms with Crippen molar-refractivity contribution >= 4 is 21.7 Å². The van der Waals surface area contributed by atoms with Gasteiger partial charge in [0, 0.05) is 32.3 Å². The molecule has 2 amide bonds. The number of benzene rings is 1. The van der Waals surface area contributed by atoms with Crippen LogP contribution in [0.1, 0.15) is 57.9 Å². The second kappa shape index (κ2) is 8.91. The zero-order valence-corrected chi connectivity index (χ0v) is 18.2. The molecule has 0 unspecified atom stereocenters. The number of carbonyl (C=O) groups excluding carboxylic acids is 2. The third-order valence-electron chi connectivity index (χ3n) is 5.38. The molecule has 0 radical (unpaired) electrons. The van der Waals surface area contributed by atoms with E-state index in [1.54, 1.807) is 44.0 Å². The molecule has 1 saturated heterocycles. The SMILES string of the molecule is CCS(=O)(=O)c1ccccc1C(=O)N1CCC[C@H](c2ncc(C(=O)NC)c(C)n2)C1. The summed E-state index contributed by atoms with van der Waals surface area (Å²) >= 11 is 0. The Morgan fingerprint density at radius 1 is 1.23 bits per heavy atom. The molecule has 9 heteroatoms. The monoisotopic (exact) mass is 430 g/mol. The third-order valence-corrected chi connectivity index (χ3v) is 7.16. The molecule has 8 nitrogen and oxygen atoms in total. The molecule has 160 valence electrons. The number of amides is 2. The number of nitrogens with one attached hydrogen (secondary N) is 1. The van der Waals surface area contributed by atoms with E-state index in [-0.39, 0.29) is 33.9 Å². The van der Waals surface area contributed by atoms with E-state index in [0.717, 1.165) is 12.8 Å². The quantitative estimate of drug-likeness (QED) is 0.777. The summed E-state index contributed by atoms with van der Waals surface area (Å²) in [7, 11) is -1.96. The molecule has 1 aliphatic heterocycles. The van der Waals surface area contributed by atoms with Gasteiger partial charge in [0.1, 0.15) is 5.82 Å². The fourth-order valence-corrected chi connectivity index (χ4v) is 4.74. The highest BCUT2D eigenvalue weighted by Gasteiger charge is 2.30. The van der Waals surface area contributed by atoms with E-state index in [1.165, 1.54) is 12.3 Å². The Kier molecular flexibility index (Phi) is 6.50. The molecule has 0 bridgehead atoms. The Morgan fingerprint density at radius 2 is 1.97 bits per heavy atom. The molecule has 0 aliphatic carbocycles. The Morgan fingerprint density at radius 3 is 2.63 bits per heavy atom. The van der Waals surface area contributed by atoms with Gasteiger partial charge in [-0.05, 0) is 31.9 Å². The normalized spacial score (nSPS) is 16.9. The largest absolute Gasteiger partial charge is 0.355 e. The Hall–Kier alpha value is -2.81. The van der Waals surface area contributed by atoms with Gasteiger partial charge >= 0.3 is 0 Å². The lowest BCUT2D eigenvalue weighted by Crippen LogP contribution is -2.40. The minimum atomic E-state index is -3.51. The van der Waals surface area contributed by atoms with Crippen LogP contribution in [-0.2, 0) is 9.84 Å². The van der Waals surface area contributed by atoms with Crippen molar-refractivity contribution in [2.24, 2.45) is 0 Å². The molecule has 2 aromatic rings. The van der Waals surface area contributed by atoms with Crippen molar-refractivity contribution in [2.45, 2.75) is 37.5 Å². The molecular formula is C21H26N4O4S. The number of aryl methyl sites for hydroxylation is 1. The zero-order valence-electron chi connectivity index (χ0n) is 17.4. The van der Waals surface area contributed by atoms with Crippen molar-refractivity contribution in [3.8, 4) is 0 Å². The fraction of sp³-hybridized carbons (Fsp3) is 0.429. The number of carbonyl (C=O) groups is 2. The van der Waals surface area contributed by atoms with E-state index in [0.29, 0.717) is 30.2 Å². The van der Waals surface area contributed by atoms with Gasteiger partial charge in [-0.1, -0.05) is 19.1 Å². The molecule has 1 aromatic carbocycles. The maximum absolute atomic E-state index is 13.2. The molecule has 1 fully saturated rings. The average molecular weight is 431 g/mol. The average Bonchev–Trinajstić information content (AvgIpc) is 2.78. The van der Waals surface area contributed by atoms with Gasteiger partial charge in [0.25, 0.3) is 11.8 Å². The standard InChI is InChI=1S/C21H26N4O4S/c1-4-30(28,29)18-10-6-5-9-16(18)21(27)25-11-7-8-15(13-25)19-23-12-17(14(2)24-19)20(26)22-3/h5-6,9-10,12,15H,4,7-8,11,13H2,1-3H3,(H,22,26)/t15-/m0/s1. The summed E-state index contributed by atoms with van der Waals surface area (Å²) in [6, 6.07) is 6.35. The topological polar surface area (TPSA) is 109 Å². The van der Waals surface area contributed by atoms with E-state index < -0.39 is 9.84 Å². The van der Waals surface area contributed by atoms with Gasteiger partial charge in [0.2, 0.25) is 0 Å². The number of likely N-dealkylation sites (tertiary alicyclic amines) is 1. The van der Waals surface area contributed by atoms with E-state index in [9.17, 15) is 18.0 Å². The molecule has 0 saturated carbocycles. The smallest absolute Gasteiger partial charge is 0.255 e. The van der Waals surface area contributed by atoms with E-state index in [2.05, 4.69) is 15.3 Å². The summed E-state index contributed by atoms with van der Waals surface area (Å²) in [5.74, 6) is -0.0912. The number of rotatable bonds is 5. The summed E-state index contributed by atoms with van der Waals surface area (Å²) in [6.45, 7) is 4.27. The lowest BCUT2D eigenvalue weighted by Gasteiger charge is -2.32. The van der Waals surface area contributed by atoms with Crippen LogP contribution in [0.5, 0.6) is 0 Å². The van der Waals surface area contributed by atoms with Crippen LogP contribution in [0.4, 0.5) is 0 Å². The van der Waals surface area contributed by atoms with Gasteiger partial charge in [-0.15, -0.1) is 0 Å². The van der Waals surface area contributed by atoms with Crippen LogP contribution >= 0.6 is 0 Å². The van der Waals surface area contributed by atoms with E-state index in [4.69, 9.17) is 0 Å². The molecule has 3 rings (SSSR count). The van der Waals surface area contributed by atoms with Gasteiger partial charge in [-0.25, -0.2) is 18.4 Å². The van der Waals surface area contributed by atoms with Gasteiger partial charge < -0.3 is 10.2 Å². The lowest BCUT2D eigenvalue weighted by molar-refractivity contribution is 0.0700. The fourth-order valence-electron chi connectivity index (χ4n) is 3.65. The minimum absolute atomic E-state index is 0.0648. The summed E-state index contributed by atoms with van der Waals surface area (Å²) in [4.78, 5) is 35.6. The highest BCUT2D eigenvalue weighted by Crippen LogP contribution is 2.27. The second-order valence-corrected chi connectivity index (χ2v) is 9.54. The summed E-state index contributed by atoms with van der Waals surface area (Å²) in [5.41, 5.74) is 1.21. The van der Waals surface area contributed by atoms with Crippen molar-refractivity contribution in [1.82, 2.24) is 20.2 Å². The first-order chi connectivity index (χ1) is 14.3. The zero-order chi connectivity index (χ0) is 21.9.